The van der Waals surface area contributed by atoms with Gasteiger partial charge in [-0.25, -0.2) is 14.4 Å². The van der Waals surface area contributed by atoms with Gasteiger partial charge in [-0.3, -0.25) is 0 Å². The first-order valence-electron chi connectivity index (χ1n) is 11.9. The van der Waals surface area contributed by atoms with Crippen LogP contribution < -0.4 is 10.6 Å². The third-order valence-electron chi connectivity index (χ3n) is 5.43. The molecule has 0 amide bonds. The summed E-state index contributed by atoms with van der Waals surface area (Å²) in [6.45, 7) is 9.91. The topological polar surface area (TPSA) is 103 Å². The van der Waals surface area contributed by atoms with Crippen LogP contribution in [0.25, 0.3) is 6.08 Å². The highest BCUT2D eigenvalue weighted by molar-refractivity contribution is 6.00. The third kappa shape index (κ3) is 6.82. The van der Waals surface area contributed by atoms with Crippen molar-refractivity contribution >= 4 is 24.0 Å². The van der Waals surface area contributed by atoms with Crippen molar-refractivity contribution in [1.29, 1.82) is 0 Å². The number of benzene rings is 1. The number of allylic oxidation sites excluding steroid dienone is 1. The Morgan fingerprint density at radius 3 is 2.23 bits per heavy atom. The zero-order chi connectivity index (χ0) is 26.0. The number of dihydropyridines is 1. The molecule has 1 aliphatic heterocycles. The van der Waals surface area contributed by atoms with Gasteiger partial charge in [0.15, 0.2) is 0 Å². The summed E-state index contributed by atoms with van der Waals surface area (Å²) >= 11 is 0. The highest BCUT2D eigenvalue weighted by atomic mass is 16.5. The molecule has 0 saturated heterocycles. The second kappa shape index (κ2) is 13.5. The minimum atomic E-state index is -0.760. The third-order valence-corrected chi connectivity index (χ3v) is 5.43. The van der Waals surface area contributed by atoms with Gasteiger partial charge >= 0.3 is 17.9 Å². The van der Waals surface area contributed by atoms with E-state index < -0.39 is 23.8 Å². The van der Waals surface area contributed by atoms with E-state index in [0.29, 0.717) is 52.4 Å². The van der Waals surface area contributed by atoms with Gasteiger partial charge < -0.3 is 24.8 Å². The molecule has 8 heteroatoms. The smallest absolute Gasteiger partial charge is 0.336 e. The molecule has 1 aromatic rings. The Morgan fingerprint density at radius 1 is 1.00 bits per heavy atom. The van der Waals surface area contributed by atoms with Gasteiger partial charge in [0, 0.05) is 23.5 Å². The summed E-state index contributed by atoms with van der Waals surface area (Å²) in [5.74, 6) is -2.22. The number of carbonyl (C=O) groups excluding carboxylic acids is 3. The molecular weight excluding hydrogens is 448 g/mol. The first-order valence-corrected chi connectivity index (χ1v) is 11.9. The molecule has 2 N–H and O–H groups in total. The van der Waals surface area contributed by atoms with E-state index in [4.69, 9.17) is 14.2 Å². The lowest BCUT2D eigenvalue weighted by Gasteiger charge is -2.32. The summed E-state index contributed by atoms with van der Waals surface area (Å²) < 4.78 is 16.0. The van der Waals surface area contributed by atoms with Crippen LogP contribution >= 0.6 is 0 Å². The van der Waals surface area contributed by atoms with Crippen molar-refractivity contribution in [3.63, 3.8) is 0 Å². The van der Waals surface area contributed by atoms with E-state index >= 15 is 0 Å². The van der Waals surface area contributed by atoms with E-state index in [1.807, 2.05) is 31.2 Å². The monoisotopic (exact) mass is 484 g/mol. The number of likely N-dealkylation sites (N-methyl/N-ethyl adjacent to an activating group) is 1. The second-order valence-electron chi connectivity index (χ2n) is 8.05. The van der Waals surface area contributed by atoms with Crippen LogP contribution in [0.4, 0.5) is 0 Å². The molecule has 0 saturated carbocycles. The van der Waals surface area contributed by atoms with Gasteiger partial charge in [0.2, 0.25) is 0 Å². The fourth-order valence-electron chi connectivity index (χ4n) is 3.96. The molecule has 8 nitrogen and oxygen atoms in total. The standard InChI is InChI=1S/C27H36N2O6/c1-7-14-35-25(30)17(4)15-19-12-10-11-13-20(19)23-22(26(31)33-8-2)18(5)29-21(16-28-6)24(23)27(32)34-9-3/h10-13,15,23,28-29H,7-9,14,16H2,1-6H3. The van der Waals surface area contributed by atoms with Gasteiger partial charge in [-0.2, -0.15) is 0 Å². The molecule has 0 bridgehead atoms. The number of rotatable bonds is 11. The normalized spacial score (nSPS) is 16.1. The Kier molecular flexibility index (Phi) is 10.7. The highest BCUT2D eigenvalue weighted by Crippen LogP contribution is 2.41. The average Bonchev–Trinajstić information content (AvgIpc) is 2.82. The number of ether oxygens (including phenoxy) is 3. The van der Waals surface area contributed by atoms with Gasteiger partial charge in [-0.15, -0.1) is 0 Å². The van der Waals surface area contributed by atoms with E-state index in [-0.39, 0.29) is 13.2 Å². The predicted octanol–water partition coefficient (Wildman–Crippen LogP) is 3.60. The number of hydrogen-bond acceptors (Lipinski definition) is 8. The molecule has 0 radical (unpaired) electrons. The van der Waals surface area contributed by atoms with Crippen LogP contribution in [-0.2, 0) is 28.6 Å². The van der Waals surface area contributed by atoms with Crippen LogP contribution in [-0.4, -0.2) is 51.3 Å². The minimum absolute atomic E-state index is 0.184. The lowest BCUT2D eigenvalue weighted by molar-refractivity contribution is -0.140. The zero-order valence-corrected chi connectivity index (χ0v) is 21.4. The Morgan fingerprint density at radius 2 is 1.63 bits per heavy atom. The van der Waals surface area contributed by atoms with Gasteiger partial charge in [0.25, 0.3) is 0 Å². The molecule has 0 fully saturated rings. The lowest BCUT2D eigenvalue weighted by Crippen LogP contribution is -2.36. The molecule has 1 unspecified atom stereocenters. The van der Waals surface area contributed by atoms with Crippen molar-refractivity contribution in [3.05, 3.63) is 63.5 Å². The molecule has 1 aromatic carbocycles. The van der Waals surface area contributed by atoms with Crippen LogP contribution in [0.3, 0.4) is 0 Å². The van der Waals surface area contributed by atoms with Crippen LogP contribution in [0.2, 0.25) is 0 Å². The molecule has 35 heavy (non-hydrogen) atoms. The number of esters is 3. The first kappa shape index (κ1) is 27.9. The predicted molar refractivity (Wildman–Crippen MR) is 134 cm³/mol. The molecule has 190 valence electrons. The largest absolute Gasteiger partial charge is 0.463 e. The van der Waals surface area contributed by atoms with Crippen LogP contribution in [0, 0.1) is 0 Å². The average molecular weight is 485 g/mol. The molecule has 0 spiro atoms. The maximum Gasteiger partial charge on any atom is 0.336 e. The molecule has 1 aliphatic rings. The fourth-order valence-corrected chi connectivity index (χ4v) is 3.96. The van der Waals surface area contributed by atoms with Crippen LogP contribution in [0.15, 0.2) is 52.4 Å². The molecular formula is C27H36N2O6. The minimum Gasteiger partial charge on any atom is -0.463 e. The number of hydrogen-bond donors (Lipinski definition) is 2. The number of nitrogens with one attached hydrogen (secondary N) is 2. The van der Waals surface area contributed by atoms with Crippen molar-refractivity contribution in [2.75, 3.05) is 33.4 Å². The number of carbonyl (C=O) groups is 3. The van der Waals surface area contributed by atoms with Crippen molar-refractivity contribution in [2.24, 2.45) is 0 Å². The van der Waals surface area contributed by atoms with E-state index in [9.17, 15) is 14.4 Å². The zero-order valence-electron chi connectivity index (χ0n) is 21.4. The fraction of sp³-hybridized carbons (Fsp3) is 0.444. The van der Waals surface area contributed by atoms with Gasteiger partial charge in [0.05, 0.1) is 36.9 Å². The van der Waals surface area contributed by atoms with Crippen LogP contribution in [0.1, 0.15) is 58.1 Å². The molecule has 1 atom stereocenters. The van der Waals surface area contributed by atoms with Crippen molar-refractivity contribution in [1.82, 2.24) is 10.6 Å². The summed E-state index contributed by atoms with van der Waals surface area (Å²) in [5, 5.41) is 6.27. The Hall–Kier alpha value is -3.39. The second-order valence-corrected chi connectivity index (χ2v) is 8.05. The van der Waals surface area contributed by atoms with Crippen molar-refractivity contribution in [2.45, 2.75) is 47.0 Å². The van der Waals surface area contributed by atoms with E-state index in [0.717, 1.165) is 6.42 Å². The van der Waals surface area contributed by atoms with E-state index in [1.54, 1.807) is 40.8 Å². The van der Waals surface area contributed by atoms with Gasteiger partial charge in [0.1, 0.15) is 0 Å². The summed E-state index contributed by atoms with van der Waals surface area (Å²) in [6.07, 6.45) is 2.44. The summed E-state index contributed by atoms with van der Waals surface area (Å²) in [4.78, 5) is 38.8. The maximum atomic E-state index is 13.2. The lowest BCUT2D eigenvalue weighted by atomic mass is 9.78. The molecule has 0 aliphatic carbocycles. The summed E-state index contributed by atoms with van der Waals surface area (Å²) in [5.41, 5.74) is 3.62. The van der Waals surface area contributed by atoms with Gasteiger partial charge in [-0.1, -0.05) is 31.2 Å². The van der Waals surface area contributed by atoms with Crippen molar-refractivity contribution < 1.29 is 28.6 Å². The van der Waals surface area contributed by atoms with Crippen molar-refractivity contribution in [3.8, 4) is 0 Å². The molecule has 1 heterocycles. The SMILES string of the molecule is CCCOC(=O)C(C)=Cc1ccccc1C1C(C(=O)OCC)=C(C)NC(CNC)=C1C(=O)OCC. The van der Waals surface area contributed by atoms with E-state index in [1.165, 1.54) is 0 Å². The maximum absolute atomic E-state index is 13.2. The molecule has 0 aromatic heterocycles. The van der Waals surface area contributed by atoms with Crippen LogP contribution in [0.5, 0.6) is 0 Å². The first-order chi connectivity index (χ1) is 16.8. The van der Waals surface area contributed by atoms with E-state index in [2.05, 4.69) is 10.6 Å². The quantitative estimate of drug-likeness (QED) is 0.279. The summed E-state index contributed by atoms with van der Waals surface area (Å²) in [6, 6.07) is 7.35. The Balaban J connectivity index is 2.77. The highest BCUT2D eigenvalue weighted by Gasteiger charge is 2.39. The molecule has 2 rings (SSSR count). The summed E-state index contributed by atoms with van der Waals surface area (Å²) in [7, 11) is 1.77. The Bertz CT molecular complexity index is 1040. The Labute approximate surface area is 207 Å². The van der Waals surface area contributed by atoms with Gasteiger partial charge in [-0.05, 0) is 58.4 Å².